The lowest BCUT2D eigenvalue weighted by molar-refractivity contribution is 0.291. The van der Waals surface area contributed by atoms with Crippen LogP contribution in [0.3, 0.4) is 0 Å². The Hall–Kier alpha value is 0.200. The Morgan fingerprint density at radius 2 is 1.79 bits per heavy atom. The van der Waals surface area contributed by atoms with E-state index in [2.05, 4.69) is 4.72 Å². The minimum atomic E-state index is -3.19. The van der Waals surface area contributed by atoms with Crippen molar-refractivity contribution in [2.24, 2.45) is 11.3 Å². The minimum Gasteiger partial charge on any atom is -0.212 e. The van der Waals surface area contributed by atoms with E-state index >= 15 is 0 Å². The number of rotatable bonds is 6. The highest BCUT2D eigenvalue weighted by Gasteiger charge is 2.30. The summed E-state index contributed by atoms with van der Waals surface area (Å²) in [5.41, 5.74) is -0.103. The van der Waals surface area contributed by atoms with Crippen LogP contribution in [-0.4, -0.2) is 26.1 Å². The SMILES string of the molecule is CC(C)(C)C(CCCl)NS(=O)(=O)CC1CCCCC1. The lowest BCUT2D eigenvalue weighted by Crippen LogP contribution is -2.45. The minimum absolute atomic E-state index is 0.0846. The van der Waals surface area contributed by atoms with Gasteiger partial charge in [-0.15, -0.1) is 11.6 Å². The molecule has 5 heteroatoms. The molecule has 0 aromatic heterocycles. The van der Waals surface area contributed by atoms with E-state index in [-0.39, 0.29) is 17.2 Å². The molecule has 114 valence electrons. The molecule has 1 aliphatic carbocycles. The summed E-state index contributed by atoms with van der Waals surface area (Å²) in [6.45, 7) is 6.15. The van der Waals surface area contributed by atoms with Gasteiger partial charge < -0.3 is 0 Å². The van der Waals surface area contributed by atoms with Gasteiger partial charge in [0.25, 0.3) is 0 Å². The molecule has 1 rings (SSSR count). The fourth-order valence-electron chi connectivity index (χ4n) is 2.71. The Kier molecular flexibility index (Phi) is 6.61. The van der Waals surface area contributed by atoms with Gasteiger partial charge in [-0.25, -0.2) is 13.1 Å². The molecule has 0 aromatic carbocycles. The standard InChI is InChI=1S/C14H28ClNO2S/c1-14(2,3)13(9-10-15)16-19(17,18)11-12-7-5-4-6-8-12/h12-13,16H,4-11H2,1-3H3. The first-order valence-corrected chi connectivity index (χ1v) is 9.49. The van der Waals surface area contributed by atoms with Gasteiger partial charge in [0.1, 0.15) is 0 Å². The molecule has 3 nitrogen and oxygen atoms in total. The molecule has 0 aromatic rings. The Morgan fingerprint density at radius 1 is 1.21 bits per heavy atom. The number of alkyl halides is 1. The van der Waals surface area contributed by atoms with Gasteiger partial charge >= 0.3 is 0 Å². The third-order valence-electron chi connectivity index (χ3n) is 3.94. The van der Waals surface area contributed by atoms with Crippen molar-refractivity contribution in [3.63, 3.8) is 0 Å². The van der Waals surface area contributed by atoms with Crippen molar-refractivity contribution in [3.05, 3.63) is 0 Å². The maximum absolute atomic E-state index is 12.3. The summed E-state index contributed by atoms with van der Waals surface area (Å²) < 4.78 is 27.4. The van der Waals surface area contributed by atoms with E-state index in [1.54, 1.807) is 0 Å². The van der Waals surface area contributed by atoms with Crippen LogP contribution in [0.4, 0.5) is 0 Å². The highest BCUT2D eigenvalue weighted by molar-refractivity contribution is 7.89. The number of halogens is 1. The van der Waals surface area contributed by atoms with Crippen LogP contribution in [-0.2, 0) is 10.0 Å². The van der Waals surface area contributed by atoms with Crippen molar-refractivity contribution < 1.29 is 8.42 Å². The van der Waals surface area contributed by atoms with Gasteiger partial charge in [-0.1, -0.05) is 40.0 Å². The van der Waals surface area contributed by atoms with Crippen molar-refractivity contribution in [1.82, 2.24) is 4.72 Å². The molecular formula is C14H28ClNO2S. The Balaban J connectivity index is 2.60. The zero-order chi connectivity index (χ0) is 14.5. The molecule has 0 aliphatic heterocycles. The molecule has 1 fully saturated rings. The summed E-state index contributed by atoms with van der Waals surface area (Å²) in [4.78, 5) is 0. The van der Waals surface area contributed by atoms with Gasteiger partial charge in [0.05, 0.1) is 5.75 Å². The first-order chi connectivity index (χ1) is 8.74. The van der Waals surface area contributed by atoms with E-state index in [1.165, 1.54) is 19.3 Å². The molecule has 0 heterocycles. The second-order valence-corrected chi connectivity index (χ2v) is 8.98. The Morgan fingerprint density at radius 3 is 2.26 bits per heavy atom. The molecule has 1 saturated carbocycles. The molecule has 0 saturated heterocycles. The Bertz CT molecular complexity index is 356. The van der Waals surface area contributed by atoms with Crippen LogP contribution in [0.2, 0.25) is 0 Å². The quantitative estimate of drug-likeness (QED) is 0.763. The molecule has 1 N–H and O–H groups in total. The van der Waals surface area contributed by atoms with Crippen LogP contribution in [0.25, 0.3) is 0 Å². The zero-order valence-electron chi connectivity index (χ0n) is 12.4. The van der Waals surface area contributed by atoms with E-state index in [9.17, 15) is 8.42 Å². The van der Waals surface area contributed by atoms with Crippen LogP contribution in [0.1, 0.15) is 59.3 Å². The molecule has 1 atom stereocenters. The Labute approximate surface area is 123 Å². The number of hydrogen-bond acceptors (Lipinski definition) is 2. The maximum atomic E-state index is 12.3. The smallest absolute Gasteiger partial charge is 0.212 e. The van der Waals surface area contributed by atoms with E-state index in [0.717, 1.165) is 12.8 Å². The number of nitrogens with one attached hydrogen (secondary N) is 1. The van der Waals surface area contributed by atoms with E-state index in [1.807, 2.05) is 20.8 Å². The van der Waals surface area contributed by atoms with E-state index in [0.29, 0.717) is 18.2 Å². The van der Waals surface area contributed by atoms with Crippen molar-refractivity contribution in [2.45, 2.75) is 65.3 Å². The molecule has 0 bridgehead atoms. The zero-order valence-corrected chi connectivity index (χ0v) is 14.0. The summed E-state index contributed by atoms with van der Waals surface area (Å²) in [5.74, 6) is 1.10. The van der Waals surface area contributed by atoms with Crippen molar-refractivity contribution in [1.29, 1.82) is 0 Å². The normalized spacial score (nSPS) is 20.4. The lowest BCUT2D eigenvalue weighted by Gasteiger charge is -2.31. The topological polar surface area (TPSA) is 46.2 Å². The first-order valence-electron chi connectivity index (χ1n) is 7.30. The van der Waals surface area contributed by atoms with Crippen molar-refractivity contribution in [3.8, 4) is 0 Å². The van der Waals surface area contributed by atoms with E-state index in [4.69, 9.17) is 11.6 Å². The predicted molar refractivity (Wildman–Crippen MR) is 82.1 cm³/mol. The second-order valence-electron chi connectivity index (χ2n) is 6.80. The van der Waals surface area contributed by atoms with Crippen molar-refractivity contribution >= 4 is 21.6 Å². The molecule has 0 amide bonds. The summed E-state index contributed by atoms with van der Waals surface area (Å²) in [5, 5.41) is 0. The van der Waals surface area contributed by atoms with Crippen molar-refractivity contribution in [2.75, 3.05) is 11.6 Å². The predicted octanol–water partition coefficient (Wildman–Crippen LogP) is 3.53. The maximum Gasteiger partial charge on any atom is 0.212 e. The fourth-order valence-corrected chi connectivity index (χ4v) is 4.88. The molecule has 0 spiro atoms. The van der Waals surface area contributed by atoms with Gasteiger partial charge in [0.2, 0.25) is 10.0 Å². The summed E-state index contributed by atoms with van der Waals surface area (Å²) >= 11 is 5.79. The van der Waals surface area contributed by atoms with Crippen LogP contribution >= 0.6 is 11.6 Å². The molecule has 1 aliphatic rings. The van der Waals surface area contributed by atoms with Crippen LogP contribution in [0.15, 0.2) is 0 Å². The lowest BCUT2D eigenvalue weighted by atomic mass is 9.86. The van der Waals surface area contributed by atoms with Crippen LogP contribution < -0.4 is 4.72 Å². The van der Waals surface area contributed by atoms with Gasteiger partial charge in [-0.3, -0.25) is 0 Å². The van der Waals surface area contributed by atoms with Gasteiger partial charge in [0.15, 0.2) is 0 Å². The summed E-state index contributed by atoms with van der Waals surface area (Å²) in [6, 6.07) is -0.0846. The third kappa shape index (κ3) is 6.46. The van der Waals surface area contributed by atoms with Crippen LogP contribution in [0, 0.1) is 11.3 Å². The highest BCUT2D eigenvalue weighted by atomic mass is 35.5. The summed E-state index contributed by atoms with van der Waals surface area (Å²) in [6.07, 6.45) is 6.37. The largest absolute Gasteiger partial charge is 0.212 e. The van der Waals surface area contributed by atoms with E-state index < -0.39 is 10.0 Å². The number of sulfonamides is 1. The van der Waals surface area contributed by atoms with Gasteiger partial charge in [-0.05, 0) is 30.6 Å². The fraction of sp³-hybridized carbons (Fsp3) is 1.00. The molecule has 19 heavy (non-hydrogen) atoms. The molecule has 0 radical (unpaired) electrons. The highest BCUT2D eigenvalue weighted by Crippen LogP contribution is 2.26. The monoisotopic (exact) mass is 309 g/mol. The average molecular weight is 310 g/mol. The number of hydrogen-bond donors (Lipinski definition) is 1. The van der Waals surface area contributed by atoms with Crippen LogP contribution in [0.5, 0.6) is 0 Å². The summed E-state index contributed by atoms with van der Waals surface area (Å²) in [7, 11) is -3.19. The molecule has 1 unspecified atom stereocenters. The molecular weight excluding hydrogens is 282 g/mol. The first kappa shape index (κ1) is 17.3. The van der Waals surface area contributed by atoms with Gasteiger partial charge in [0, 0.05) is 11.9 Å². The third-order valence-corrected chi connectivity index (χ3v) is 5.72. The average Bonchev–Trinajstić information content (AvgIpc) is 2.27. The second kappa shape index (κ2) is 7.28. The van der Waals surface area contributed by atoms with Gasteiger partial charge in [-0.2, -0.15) is 0 Å².